The van der Waals surface area contributed by atoms with Gasteiger partial charge in [0.1, 0.15) is 11.0 Å². The molecule has 238 valence electrons. The predicted octanol–water partition coefficient (Wildman–Crippen LogP) is -0.907. The van der Waals surface area contributed by atoms with Crippen LogP contribution in [-0.2, 0) is 32.2 Å². The van der Waals surface area contributed by atoms with E-state index in [9.17, 15) is 4.79 Å². The molecule has 0 saturated carbocycles. The lowest BCUT2D eigenvalue weighted by Crippen LogP contribution is -2.49. The van der Waals surface area contributed by atoms with Crippen molar-refractivity contribution in [1.29, 1.82) is 0 Å². The van der Waals surface area contributed by atoms with Gasteiger partial charge in [-0.15, -0.1) is 5.10 Å². The molecule has 0 spiro atoms. The number of hydrogen-bond donors (Lipinski definition) is 0. The number of anilines is 4. The van der Waals surface area contributed by atoms with Gasteiger partial charge in [-0.3, -0.25) is 4.79 Å². The Hall–Kier alpha value is -3.93. The average Bonchev–Trinajstić information content (AvgIpc) is 3.53. The van der Waals surface area contributed by atoms with E-state index in [-0.39, 0.29) is 12.5 Å². The number of likely N-dealkylation sites (N-methyl/N-ethyl adjacent to an activating group) is 1. The number of hydrogen-bond acceptors (Lipinski definition) is 15. The smallest absolute Gasteiger partial charge is 0.241 e. The molecule has 17 heteroatoms. The van der Waals surface area contributed by atoms with E-state index in [0.29, 0.717) is 101 Å². The van der Waals surface area contributed by atoms with Crippen LogP contribution in [0.5, 0.6) is 0 Å². The van der Waals surface area contributed by atoms with Gasteiger partial charge < -0.3 is 38.8 Å². The maximum Gasteiger partial charge on any atom is 0.241 e. The number of carbonyl (C=O) groups is 1. The van der Waals surface area contributed by atoms with Crippen LogP contribution in [0, 0.1) is 0 Å². The number of hydroxylamine groups is 2. The molecule has 3 aromatic rings. The Balaban J connectivity index is 1.51. The molecule has 44 heavy (non-hydrogen) atoms. The normalized spacial score (nSPS) is 18.0. The van der Waals surface area contributed by atoms with E-state index < -0.39 is 0 Å². The summed E-state index contributed by atoms with van der Waals surface area (Å²) in [4.78, 5) is 49.1. The third kappa shape index (κ3) is 6.17. The van der Waals surface area contributed by atoms with Crippen LogP contribution in [0.3, 0.4) is 0 Å². The van der Waals surface area contributed by atoms with Crippen molar-refractivity contribution in [2.24, 2.45) is 0 Å². The Morgan fingerprint density at radius 2 is 1.45 bits per heavy atom. The second kappa shape index (κ2) is 13.4. The van der Waals surface area contributed by atoms with Gasteiger partial charge in [-0.25, -0.2) is 14.6 Å². The molecule has 0 aromatic carbocycles. The number of aromatic nitrogens is 7. The molecule has 2 fully saturated rings. The maximum atomic E-state index is 12.9. The Kier molecular flexibility index (Phi) is 9.15. The van der Waals surface area contributed by atoms with Crippen LogP contribution >= 0.6 is 0 Å². The Labute approximate surface area is 256 Å². The van der Waals surface area contributed by atoms with Crippen molar-refractivity contribution in [3.8, 4) is 0 Å². The zero-order valence-corrected chi connectivity index (χ0v) is 25.9. The lowest BCUT2D eigenvalue weighted by molar-refractivity contribution is -0.133. The SMILES string of the molecule is COCCN(CCOC)c1nc(N2CCN(C)C(=O)C2)c2nc(N3CCn4nncc4C3)nc(N3CCN(OC)CC3)c2n1. The van der Waals surface area contributed by atoms with Crippen LogP contribution in [0.1, 0.15) is 5.69 Å². The summed E-state index contributed by atoms with van der Waals surface area (Å²) < 4.78 is 12.7. The molecule has 1 amide bonds. The number of piperazine rings is 2. The molecule has 0 aliphatic carbocycles. The van der Waals surface area contributed by atoms with Gasteiger partial charge in [0.25, 0.3) is 0 Å². The van der Waals surface area contributed by atoms with Gasteiger partial charge in [-0.2, -0.15) is 15.0 Å². The topological polar surface area (TPSA) is 146 Å². The number of amides is 1. The molecule has 0 N–H and O–H groups in total. The number of methoxy groups -OCH3 is 2. The number of carbonyl (C=O) groups excluding carboxylic acids is 1. The minimum atomic E-state index is 0.0298. The van der Waals surface area contributed by atoms with Gasteiger partial charge >= 0.3 is 0 Å². The summed E-state index contributed by atoms with van der Waals surface area (Å²) in [6.45, 7) is 8.34. The van der Waals surface area contributed by atoms with Crippen molar-refractivity contribution in [2.45, 2.75) is 13.1 Å². The highest BCUT2D eigenvalue weighted by Gasteiger charge is 2.31. The quantitative estimate of drug-likeness (QED) is 0.263. The number of rotatable bonds is 11. The summed E-state index contributed by atoms with van der Waals surface area (Å²) in [6, 6.07) is 0. The highest BCUT2D eigenvalue weighted by molar-refractivity contribution is 5.96. The molecule has 0 atom stereocenters. The first kappa shape index (κ1) is 30.1. The Morgan fingerprint density at radius 3 is 2.16 bits per heavy atom. The predicted molar refractivity (Wildman–Crippen MR) is 163 cm³/mol. The zero-order valence-electron chi connectivity index (χ0n) is 25.9. The Morgan fingerprint density at radius 1 is 0.773 bits per heavy atom. The van der Waals surface area contributed by atoms with Crippen molar-refractivity contribution in [2.75, 3.05) is 127 Å². The van der Waals surface area contributed by atoms with Gasteiger partial charge in [0.2, 0.25) is 17.8 Å². The highest BCUT2D eigenvalue weighted by atomic mass is 16.7. The van der Waals surface area contributed by atoms with E-state index >= 15 is 0 Å². The molecule has 6 heterocycles. The minimum absolute atomic E-state index is 0.0298. The first-order chi connectivity index (χ1) is 21.5. The van der Waals surface area contributed by atoms with Gasteiger partial charge in [-0.05, 0) is 0 Å². The molecule has 3 aliphatic heterocycles. The molecular formula is C27H41N13O4. The molecule has 3 aromatic heterocycles. The summed E-state index contributed by atoms with van der Waals surface area (Å²) in [7, 11) is 6.87. The van der Waals surface area contributed by atoms with E-state index in [4.69, 9.17) is 34.2 Å². The van der Waals surface area contributed by atoms with Crippen LogP contribution in [0.2, 0.25) is 0 Å². The van der Waals surface area contributed by atoms with Crippen molar-refractivity contribution in [3.05, 3.63) is 11.9 Å². The molecule has 17 nitrogen and oxygen atoms in total. The van der Waals surface area contributed by atoms with Crippen LogP contribution in [-0.4, -0.2) is 158 Å². The summed E-state index contributed by atoms with van der Waals surface area (Å²) >= 11 is 0. The molecule has 3 aliphatic rings. The lowest BCUT2D eigenvalue weighted by Gasteiger charge is -2.36. The third-order valence-corrected chi connectivity index (χ3v) is 8.37. The van der Waals surface area contributed by atoms with Crippen molar-refractivity contribution >= 4 is 40.5 Å². The fourth-order valence-corrected chi connectivity index (χ4v) is 5.67. The fourth-order valence-electron chi connectivity index (χ4n) is 5.67. The molecule has 0 radical (unpaired) electrons. The van der Waals surface area contributed by atoms with E-state index in [1.54, 1.807) is 32.4 Å². The van der Waals surface area contributed by atoms with Crippen molar-refractivity contribution in [1.82, 2.24) is 44.9 Å². The first-order valence-corrected chi connectivity index (χ1v) is 15.0. The average molecular weight is 612 g/mol. The lowest BCUT2D eigenvalue weighted by atomic mass is 10.2. The second-order valence-electron chi connectivity index (χ2n) is 11.1. The summed E-state index contributed by atoms with van der Waals surface area (Å²) in [5.41, 5.74) is 2.27. The van der Waals surface area contributed by atoms with E-state index in [1.807, 2.05) is 26.6 Å². The van der Waals surface area contributed by atoms with Gasteiger partial charge in [0.05, 0.1) is 51.8 Å². The number of ether oxygens (including phenoxy) is 2. The van der Waals surface area contributed by atoms with Gasteiger partial charge in [-0.1, -0.05) is 5.21 Å². The van der Waals surface area contributed by atoms with Gasteiger partial charge in [0, 0.05) is 80.2 Å². The zero-order chi connectivity index (χ0) is 30.6. The maximum absolute atomic E-state index is 12.9. The van der Waals surface area contributed by atoms with Crippen LogP contribution in [0.4, 0.5) is 23.5 Å². The monoisotopic (exact) mass is 611 g/mol. The van der Waals surface area contributed by atoms with Crippen molar-refractivity contribution < 1.29 is 19.1 Å². The number of fused-ring (bicyclic) bond motifs is 2. The van der Waals surface area contributed by atoms with Gasteiger partial charge in [0.15, 0.2) is 11.6 Å². The van der Waals surface area contributed by atoms with E-state index in [0.717, 1.165) is 24.6 Å². The minimum Gasteiger partial charge on any atom is -0.383 e. The second-order valence-corrected chi connectivity index (χ2v) is 11.1. The van der Waals surface area contributed by atoms with E-state index in [2.05, 4.69) is 20.1 Å². The molecular weight excluding hydrogens is 570 g/mol. The van der Waals surface area contributed by atoms with Crippen molar-refractivity contribution in [3.63, 3.8) is 0 Å². The highest BCUT2D eigenvalue weighted by Crippen LogP contribution is 2.34. The fraction of sp³-hybridized carbons (Fsp3) is 0.667. The molecule has 0 bridgehead atoms. The summed E-state index contributed by atoms with van der Waals surface area (Å²) in [5, 5.41) is 10.2. The van der Waals surface area contributed by atoms with Crippen LogP contribution in [0.25, 0.3) is 11.0 Å². The molecule has 6 rings (SSSR count). The molecule has 0 unspecified atom stereocenters. The summed E-state index contributed by atoms with van der Waals surface area (Å²) in [5.74, 6) is 2.50. The first-order valence-electron chi connectivity index (χ1n) is 15.0. The Bertz CT molecular complexity index is 1440. The van der Waals surface area contributed by atoms with Crippen LogP contribution < -0.4 is 19.6 Å². The number of nitrogens with zero attached hydrogens (tertiary/aromatic N) is 13. The largest absolute Gasteiger partial charge is 0.383 e. The summed E-state index contributed by atoms with van der Waals surface area (Å²) in [6.07, 6.45) is 1.78. The molecule has 2 saturated heterocycles. The van der Waals surface area contributed by atoms with E-state index in [1.165, 1.54) is 0 Å². The third-order valence-electron chi connectivity index (χ3n) is 8.37. The van der Waals surface area contributed by atoms with Crippen LogP contribution in [0.15, 0.2) is 6.20 Å². The standard InChI is InChI=1S/C27H41N13O4/c1-34-5-6-37(19-21(34)41)25-23-22(29-26(32-25)36(13-15-42-2)14-16-43-3)24(35-7-10-39(44-4)11-8-35)31-27(30-23)38-9-12-40-20(18-38)17-28-33-40/h17H,5-16,18-19H2,1-4H3.